The first-order valence-corrected chi connectivity index (χ1v) is 4.37. The fourth-order valence-corrected chi connectivity index (χ4v) is 1.26. The first kappa shape index (κ1) is 9.98. The van der Waals surface area contributed by atoms with E-state index in [0.717, 1.165) is 13.1 Å². The SMILES string of the molecule is CC(=O)N1CC(NCCC(N)=O)C1. The van der Waals surface area contributed by atoms with Gasteiger partial charge in [-0.1, -0.05) is 0 Å². The number of amides is 2. The Morgan fingerprint density at radius 1 is 1.54 bits per heavy atom. The number of carbonyl (C=O) groups is 2. The van der Waals surface area contributed by atoms with Crippen LogP contribution in [0.15, 0.2) is 0 Å². The van der Waals surface area contributed by atoms with Crippen LogP contribution in [0.3, 0.4) is 0 Å². The Labute approximate surface area is 77.3 Å². The molecule has 0 saturated carbocycles. The summed E-state index contributed by atoms with van der Waals surface area (Å²) in [6.45, 7) is 3.65. The lowest BCUT2D eigenvalue weighted by atomic mass is 10.1. The first-order chi connectivity index (χ1) is 6.09. The molecular formula is C8H15N3O2. The highest BCUT2D eigenvalue weighted by molar-refractivity contribution is 5.74. The van der Waals surface area contributed by atoms with Crippen LogP contribution in [0.5, 0.6) is 0 Å². The third-order valence-electron chi connectivity index (χ3n) is 2.13. The van der Waals surface area contributed by atoms with Crippen molar-refractivity contribution in [3.05, 3.63) is 0 Å². The predicted octanol–water partition coefficient (Wildman–Crippen LogP) is -1.32. The van der Waals surface area contributed by atoms with E-state index in [1.54, 1.807) is 11.8 Å². The standard InChI is InChI=1S/C8H15N3O2/c1-6(12)11-4-7(5-11)10-3-2-8(9)13/h7,10H,2-5H2,1H3,(H2,9,13). The molecule has 0 unspecified atom stereocenters. The number of hydrogen-bond donors (Lipinski definition) is 2. The molecule has 1 heterocycles. The third-order valence-corrected chi connectivity index (χ3v) is 2.13. The second-order valence-corrected chi connectivity index (χ2v) is 3.29. The highest BCUT2D eigenvalue weighted by atomic mass is 16.2. The summed E-state index contributed by atoms with van der Waals surface area (Å²) in [6, 6.07) is 0.336. The van der Waals surface area contributed by atoms with Gasteiger partial charge in [0.1, 0.15) is 0 Å². The van der Waals surface area contributed by atoms with E-state index in [2.05, 4.69) is 5.32 Å². The molecule has 1 aliphatic rings. The van der Waals surface area contributed by atoms with Crippen molar-refractivity contribution in [2.45, 2.75) is 19.4 Å². The molecule has 74 valence electrons. The summed E-state index contributed by atoms with van der Waals surface area (Å²) >= 11 is 0. The van der Waals surface area contributed by atoms with Crippen LogP contribution in [0.4, 0.5) is 0 Å². The van der Waals surface area contributed by atoms with Crippen molar-refractivity contribution in [2.75, 3.05) is 19.6 Å². The lowest BCUT2D eigenvalue weighted by Gasteiger charge is -2.39. The number of carbonyl (C=O) groups excluding carboxylic acids is 2. The quantitative estimate of drug-likeness (QED) is 0.570. The molecule has 0 radical (unpaired) electrons. The molecule has 0 aromatic rings. The van der Waals surface area contributed by atoms with Crippen LogP contribution < -0.4 is 11.1 Å². The number of nitrogens with one attached hydrogen (secondary N) is 1. The Morgan fingerprint density at radius 2 is 2.15 bits per heavy atom. The summed E-state index contributed by atoms with van der Waals surface area (Å²) in [5, 5.41) is 3.14. The van der Waals surface area contributed by atoms with E-state index in [1.165, 1.54) is 0 Å². The third kappa shape index (κ3) is 3.02. The van der Waals surface area contributed by atoms with Gasteiger partial charge in [0.05, 0.1) is 0 Å². The molecule has 0 aromatic carbocycles. The largest absolute Gasteiger partial charge is 0.370 e. The highest BCUT2D eigenvalue weighted by Crippen LogP contribution is 2.06. The molecule has 0 aliphatic carbocycles. The summed E-state index contributed by atoms with van der Waals surface area (Å²) in [5.41, 5.74) is 4.97. The zero-order valence-corrected chi connectivity index (χ0v) is 7.75. The van der Waals surface area contributed by atoms with Gasteiger partial charge in [0.2, 0.25) is 11.8 Å². The molecule has 1 fully saturated rings. The summed E-state index contributed by atoms with van der Waals surface area (Å²) in [5.74, 6) is -0.191. The Kier molecular flexibility index (Phi) is 3.25. The second kappa shape index (κ2) is 4.23. The molecule has 1 saturated heterocycles. The van der Waals surface area contributed by atoms with Gasteiger partial charge in [-0.05, 0) is 0 Å². The normalized spacial score (nSPS) is 16.8. The second-order valence-electron chi connectivity index (χ2n) is 3.29. The number of hydrogen-bond acceptors (Lipinski definition) is 3. The number of nitrogens with two attached hydrogens (primary N) is 1. The minimum Gasteiger partial charge on any atom is -0.370 e. The monoisotopic (exact) mass is 185 g/mol. The topological polar surface area (TPSA) is 75.4 Å². The van der Waals surface area contributed by atoms with E-state index < -0.39 is 0 Å². The van der Waals surface area contributed by atoms with Crippen molar-refractivity contribution in [2.24, 2.45) is 5.73 Å². The lowest BCUT2D eigenvalue weighted by Crippen LogP contribution is -2.59. The van der Waals surface area contributed by atoms with Gasteiger partial charge in [0, 0.05) is 39.0 Å². The average molecular weight is 185 g/mol. The van der Waals surface area contributed by atoms with Crippen LogP contribution in [-0.4, -0.2) is 42.4 Å². The van der Waals surface area contributed by atoms with Crippen LogP contribution in [0.25, 0.3) is 0 Å². The maximum Gasteiger partial charge on any atom is 0.219 e. The molecule has 5 heteroatoms. The van der Waals surface area contributed by atoms with Crippen molar-refractivity contribution in [3.63, 3.8) is 0 Å². The number of primary amides is 1. The number of rotatable bonds is 4. The van der Waals surface area contributed by atoms with Gasteiger partial charge < -0.3 is 16.0 Å². The zero-order chi connectivity index (χ0) is 9.84. The molecule has 0 atom stereocenters. The van der Waals surface area contributed by atoms with Crippen LogP contribution in [-0.2, 0) is 9.59 Å². The molecule has 0 spiro atoms. The van der Waals surface area contributed by atoms with Crippen molar-refractivity contribution < 1.29 is 9.59 Å². The van der Waals surface area contributed by atoms with Gasteiger partial charge in [0.25, 0.3) is 0 Å². The molecule has 13 heavy (non-hydrogen) atoms. The van der Waals surface area contributed by atoms with E-state index in [1.807, 2.05) is 0 Å². The summed E-state index contributed by atoms with van der Waals surface area (Å²) < 4.78 is 0. The Bertz CT molecular complexity index is 211. The van der Waals surface area contributed by atoms with Crippen molar-refractivity contribution in [3.8, 4) is 0 Å². The Balaban J connectivity index is 2.02. The van der Waals surface area contributed by atoms with E-state index >= 15 is 0 Å². The van der Waals surface area contributed by atoms with Gasteiger partial charge >= 0.3 is 0 Å². The van der Waals surface area contributed by atoms with E-state index in [4.69, 9.17) is 5.73 Å². The van der Waals surface area contributed by atoms with E-state index in [-0.39, 0.29) is 11.8 Å². The summed E-state index contributed by atoms with van der Waals surface area (Å²) in [6.07, 6.45) is 0.358. The fraction of sp³-hybridized carbons (Fsp3) is 0.750. The molecule has 1 aliphatic heterocycles. The maximum atomic E-state index is 10.8. The fourth-order valence-electron chi connectivity index (χ4n) is 1.26. The molecule has 5 nitrogen and oxygen atoms in total. The molecule has 3 N–H and O–H groups in total. The summed E-state index contributed by atoms with van der Waals surface area (Å²) in [4.78, 5) is 22.9. The molecule has 0 aromatic heterocycles. The van der Waals surface area contributed by atoms with E-state index in [9.17, 15) is 9.59 Å². The lowest BCUT2D eigenvalue weighted by molar-refractivity contribution is -0.133. The molecular weight excluding hydrogens is 170 g/mol. The van der Waals surface area contributed by atoms with Crippen molar-refractivity contribution >= 4 is 11.8 Å². The van der Waals surface area contributed by atoms with Gasteiger partial charge in [-0.3, -0.25) is 9.59 Å². The van der Waals surface area contributed by atoms with Crippen LogP contribution >= 0.6 is 0 Å². The van der Waals surface area contributed by atoms with Gasteiger partial charge in [-0.15, -0.1) is 0 Å². The van der Waals surface area contributed by atoms with Crippen molar-refractivity contribution in [1.29, 1.82) is 0 Å². The maximum absolute atomic E-state index is 10.8. The molecule has 0 bridgehead atoms. The Hall–Kier alpha value is -1.10. The molecule has 2 amide bonds. The van der Waals surface area contributed by atoms with Crippen molar-refractivity contribution in [1.82, 2.24) is 10.2 Å². The van der Waals surface area contributed by atoms with E-state index in [0.29, 0.717) is 19.0 Å². The van der Waals surface area contributed by atoms with Crippen LogP contribution in [0, 0.1) is 0 Å². The van der Waals surface area contributed by atoms with Crippen LogP contribution in [0.1, 0.15) is 13.3 Å². The molecule has 1 rings (SSSR count). The summed E-state index contributed by atoms with van der Waals surface area (Å²) in [7, 11) is 0. The highest BCUT2D eigenvalue weighted by Gasteiger charge is 2.27. The zero-order valence-electron chi connectivity index (χ0n) is 7.75. The number of nitrogens with zero attached hydrogens (tertiary/aromatic N) is 1. The predicted molar refractivity (Wildman–Crippen MR) is 47.9 cm³/mol. The van der Waals surface area contributed by atoms with Gasteiger partial charge in [-0.25, -0.2) is 0 Å². The average Bonchev–Trinajstić information content (AvgIpc) is 1.92. The Morgan fingerprint density at radius 3 is 2.62 bits per heavy atom. The number of likely N-dealkylation sites (tertiary alicyclic amines) is 1. The first-order valence-electron chi connectivity index (χ1n) is 4.37. The smallest absolute Gasteiger partial charge is 0.219 e. The minimum absolute atomic E-state index is 0.105. The van der Waals surface area contributed by atoms with Gasteiger partial charge in [0.15, 0.2) is 0 Å². The van der Waals surface area contributed by atoms with Crippen LogP contribution in [0.2, 0.25) is 0 Å². The minimum atomic E-state index is -0.296. The van der Waals surface area contributed by atoms with Gasteiger partial charge in [-0.2, -0.15) is 0 Å².